The second-order valence-electron chi connectivity index (χ2n) is 14.8. The molecule has 2 aliphatic rings. The summed E-state index contributed by atoms with van der Waals surface area (Å²) >= 11 is 2.28. The molecular formula is C50H50BF2IN2O5. The molecular weight excluding hydrogens is 884 g/mol. The van der Waals surface area contributed by atoms with Crippen molar-refractivity contribution in [2.75, 3.05) is 47.3 Å². The van der Waals surface area contributed by atoms with Crippen molar-refractivity contribution in [3.8, 4) is 17.2 Å². The van der Waals surface area contributed by atoms with E-state index >= 15 is 8.63 Å². The van der Waals surface area contributed by atoms with Crippen molar-refractivity contribution in [2.45, 2.75) is 26.7 Å². The van der Waals surface area contributed by atoms with E-state index < -0.39 is 6.97 Å². The summed E-state index contributed by atoms with van der Waals surface area (Å²) in [6, 6.07) is 32.9. The van der Waals surface area contributed by atoms with Gasteiger partial charge < -0.3 is 41.3 Å². The summed E-state index contributed by atoms with van der Waals surface area (Å²) in [6.45, 7) is 2.19. The number of nitrogens with zero attached hydrogens (tertiary/aromatic N) is 2. The number of aromatic nitrogens is 1. The quantitative estimate of drug-likeness (QED) is 0.0469. The molecule has 2 aliphatic heterocycles. The van der Waals surface area contributed by atoms with Crippen LogP contribution < -0.4 is 14.2 Å². The van der Waals surface area contributed by atoms with Crippen LogP contribution in [0.2, 0.25) is 0 Å². The standard InChI is InChI=1S/C50H50BF2IN2O5/c1-5-6-29-60-46-25-14-39(15-26-46)9-22-44-35-41(16-7-37-12-27-47(28-13-37)61-33-32-59-31-30-57-3)50-48(40-17-19-42(54)20-18-40)49-36(2)34-43(55(49)51(52,53)56(44)50)21-8-38-10-23-45(58-4)24-11-38/h7-28,34-35H,5-6,29-33H2,1-4H3/b16-7+,21-8+,22-9+. The second kappa shape index (κ2) is 20.4. The molecule has 0 saturated carbocycles. The molecule has 0 radical (unpaired) electrons. The van der Waals surface area contributed by atoms with Crippen LogP contribution in [-0.4, -0.2) is 68.9 Å². The lowest BCUT2D eigenvalue weighted by Crippen LogP contribution is -2.51. The lowest BCUT2D eigenvalue weighted by molar-refractivity contribution is -0.362. The molecule has 61 heavy (non-hydrogen) atoms. The molecule has 7 nitrogen and oxygen atoms in total. The molecule has 3 heterocycles. The number of ether oxygens (including phenoxy) is 5. The number of fused-ring (bicyclic) bond motifs is 2. The van der Waals surface area contributed by atoms with Gasteiger partial charge in [-0.05, 0) is 131 Å². The Morgan fingerprint density at radius 1 is 0.672 bits per heavy atom. The van der Waals surface area contributed by atoms with Gasteiger partial charge in [0.1, 0.15) is 23.9 Å². The lowest BCUT2D eigenvalue weighted by Gasteiger charge is -2.34. The smallest absolute Gasteiger partial charge is 0.497 e. The van der Waals surface area contributed by atoms with Crippen molar-refractivity contribution in [3.05, 3.63) is 169 Å². The zero-order valence-electron chi connectivity index (χ0n) is 35.0. The molecule has 7 rings (SSSR count). The summed E-state index contributed by atoms with van der Waals surface area (Å²) in [6.07, 6.45) is 15.1. The van der Waals surface area contributed by atoms with Crippen LogP contribution in [0.1, 0.15) is 65.9 Å². The third-order valence-corrected chi connectivity index (χ3v) is 11.2. The molecule has 0 aliphatic carbocycles. The van der Waals surface area contributed by atoms with Crippen LogP contribution in [-0.2, 0) is 9.47 Å². The number of halogens is 3. The Morgan fingerprint density at radius 2 is 1.25 bits per heavy atom. The molecule has 4 aromatic carbocycles. The van der Waals surface area contributed by atoms with Crippen LogP contribution in [0.15, 0.2) is 127 Å². The number of methoxy groups -OCH3 is 2. The first-order chi connectivity index (χ1) is 29.7. The van der Waals surface area contributed by atoms with Crippen molar-refractivity contribution in [3.63, 3.8) is 0 Å². The number of hydrogen-bond acceptors (Lipinski definition) is 5. The van der Waals surface area contributed by atoms with Crippen LogP contribution in [0.25, 0.3) is 36.0 Å². The largest absolute Gasteiger partial charge is 0.737 e. The maximum Gasteiger partial charge on any atom is 0.737 e. The third kappa shape index (κ3) is 10.3. The van der Waals surface area contributed by atoms with Gasteiger partial charge in [0, 0.05) is 39.8 Å². The monoisotopic (exact) mass is 934 g/mol. The van der Waals surface area contributed by atoms with E-state index in [2.05, 4.69) is 29.5 Å². The second-order valence-corrected chi connectivity index (χ2v) is 16.0. The van der Waals surface area contributed by atoms with Crippen LogP contribution in [0.3, 0.4) is 0 Å². The number of rotatable bonds is 19. The highest BCUT2D eigenvalue weighted by molar-refractivity contribution is 14.1. The summed E-state index contributed by atoms with van der Waals surface area (Å²) in [7, 11) is 3.25. The van der Waals surface area contributed by atoms with E-state index in [1.165, 1.54) is 8.96 Å². The van der Waals surface area contributed by atoms with Gasteiger partial charge in [-0.25, -0.2) is 0 Å². The van der Waals surface area contributed by atoms with E-state index in [1.807, 2.05) is 140 Å². The van der Waals surface area contributed by atoms with Gasteiger partial charge in [0.15, 0.2) is 11.4 Å². The minimum atomic E-state index is -4.41. The molecule has 11 heteroatoms. The zero-order valence-corrected chi connectivity index (χ0v) is 37.1. The van der Waals surface area contributed by atoms with Gasteiger partial charge in [0.05, 0.1) is 39.1 Å². The number of benzene rings is 4. The van der Waals surface area contributed by atoms with Crippen molar-refractivity contribution in [1.29, 1.82) is 0 Å². The van der Waals surface area contributed by atoms with Crippen molar-refractivity contribution >= 4 is 71.2 Å². The van der Waals surface area contributed by atoms with Crippen LogP contribution >= 0.6 is 22.6 Å². The zero-order chi connectivity index (χ0) is 42.8. The summed E-state index contributed by atoms with van der Waals surface area (Å²) in [5, 5.41) is 0. The average Bonchev–Trinajstić information content (AvgIpc) is 3.82. The lowest BCUT2D eigenvalue weighted by atomic mass is 9.83. The number of allylic oxidation sites excluding steroid dienone is 3. The average molecular weight is 935 g/mol. The summed E-state index contributed by atoms with van der Waals surface area (Å²) in [5.74, 6) is 2.22. The fourth-order valence-corrected chi connectivity index (χ4v) is 7.77. The van der Waals surface area contributed by atoms with Gasteiger partial charge in [0.25, 0.3) is 0 Å². The fraction of sp³-hybridized carbons (Fsp3) is 0.220. The molecule has 5 aromatic rings. The number of unbranched alkanes of at least 4 members (excludes halogenated alkanes) is 1. The summed E-state index contributed by atoms with van der Waals surface area (Å²) < 4.78 is 66.8. The predicted molar refractivity (Wildman–Crippen MR) is 253 cm³/mol. The van der Waals surface area contributed by atoms with Gasteiger partial charge in [-0.2, -0.15) is 0 Å². The Balaban J connectivity index is 1.33. The highest BCUT2D eigenvalue weighted by Gasteiger charge is 2.55. The molecule has 0 fully saturated rings. The molecule has 0 saturated heterocycles. The van der Waals surface area contributed by atoms with Crippen LogP contribution in [0.4, 0.5) is 8.63 Å². The molecule has 0 bridgehead atoms. The third-order valence-electron chi connectivity index (χ3n) is 10.5. The first-order valence-corrected chi connectivity index (χ1v) is 21.6. The number of hydrogen-bond donors (Lipinski definition) is 0. The normalized spacial score (nSPS) is 14.6. The molecule has 0 atom stereocenters. The van der Waals surface area contributed by atoms with Crippen molar-refractivity contribution in [1.82, 2.24) is 4.48 Å². The van der Waals surface area contributed by atoms with E-state index in [4.69, 9.17) is 23.7 Å². The predicted octanol–water partition coefficient (Wildman–Crippen LogP) is 11.8. The Hall–Kier alpha value is -5.50. The maximum atomic E-state index is 17.9. The first-order valence-electron chi connectivity index (χ1n) is 20.5. The fourth-order valence-electron chi connectivity index (χ4n) is 7.41. The van der Waals surface area contributed by atoms with Crippen LogP contribution in [0.5, 0.6) is 17.2 Å². The van der Waals surface area contributed by atoms with E-state index in [9.17, 15) is 0 Å². The van der Waals surface area contributed by atoms with E-state index in [0.29, 0.717) is 67.1 Å². The Kier molecular flexibility index (Phi) is 14.6. The molecule has 0 N–H and O–H groups in total. The minimum absolute atomic E-state index is 0.379. The van der Waals surface area contributed by atoms with E-state index in [1.54, 1.807) is 26.4 Å². The molecule has 0 spiro atoms. The first kappa shape index (κ1) is 43.6. The van der Waals surface area contributed by atoms with E-state index in [0.717, 1.165) is 61.3 Å². The topological polar surface area (TPSA) is 54.1 Å². The van der Waals surface area contributed by atoms with Gasteiger partial charge in [-0.1, -0.05) is 80.1 Å². The SMILES string of the molecule is CCCCOc1ccc(/C=C/c2cc(/C=C/c3ccc(OCCOCCOC)cc3)c3n2[B-](F)(F)[N+]2=C(/C=C/c4ccc(OC)cc4)C=C(C)C2=C3c2ccc(I)cc2)cc1. The van der Waals surface area contributed by atoms with Gasteiger partial charge in [-0.15, -0.1) is 0 Å². The maximum absolute atomic E-state index is 17.9. The van der Waals surface area contributed by atoms with Crippen molar-refractivity contribution < 1.29 is 36.8 Å². The Labute approximate surface area is 371 Å². The summed E-state index contributed by atoms with van der Waals surface area (Å²) in [5.41, 5.74) is 7.37. The molecule has 1 aromatic heterocycles. The molecule has 0 unspecified atom stereocenters. The van der Waals surface area contributed by atoms with Gasteiger partial charge >= 0.3 is 6.97 Å². The van der Waals surface area contributed by atoms with Crippen molar-refractivity contribution in [2.24, 2.45) is 0 Å². The Morgan fingerprint density at radius 3 is 1.85 bits per heavy atom. The van der Waals surface area contributed by atoms with Gasteiger partial charge in [0.2, 0.25) is 0 Å². The van der Waals surface area contributed by atoms with Crippen LogP contribution in [0, 0.1) is 3.57 Å². The Bertz CT molecular complexity index is 2490. The highest BCUT2D eigenvalue weighted by Crippen LogP contribution is 2.45. The molecule has 0 amide bonds. The highest BCUT2D eigenvalue weighted by atomic mass is 127. The molecule has 314 valence electrons. The summed E-state index contributed by atoms with van der Waals surface area (Å²) in [4.78, 5) is 0. The van der Waals surface area contributed by atoms with Gasteiger partial charge in [-0.3, -0.25) is 0 Å². The van der Waals surface area contributed by atoms with E-state index in [-0.39, 0.29) is 0 Å². The minimum Gasteiger partial charge on any atom is -0.497 e.